The molecule has 1 N–H and O–H groups in total. The van der Waals surface area contributed by atoms with Gasteiger partial charge >= 0.3 is 5.97 Å². The van der Waals surface area contributed by atoms with Gasteiger partial charge in [-0.15, -0.1) is 0 Å². The number of nitrogens with zero attached hydrogens (tertiary/aromatic N) is 2. The van der Waals surface area contributed by atoms with Crippen molar-refractivity contribution in [3.8, 4) is 0 Å². The maximum absolute atomic E-state index is 12.7. The Balaban J connectivity index is 1.38. The molecule has 0 saturated carbocycles. The first-order chi connectivity index (χ1) is 11.1. The summed E-state index contributed by atoms with van der Waals surface area (Å²) < 4.78 is 11.2. The van der Waals surface area contributed by atoms with Crippen LogP contribution in [0.25, 0.3) is 0 Å². The van der Waals surface area contributed by atoms with E-state index in [0.29, 0.717) is 13.1 Å². The van der Waals surface area contributed by atoms with Gasteiger partial charge in [0, 0.05) is 26.2 Å². The summed E-state index contributed by atoms with van der Waals surface area (Å²) in [6.07, 6.45) is 4.15. The van der Waals surface area contributed by atoms with E-state index < -0.39 is 29.5 Å². The van der Waals surface area contributed by atoms with E-state index in [4.69, 9.17) is 9.47 Å². The number of hydrogen-bond acceptors (Lipinski definition) is 5. The van der Waals surface area contributed by atoms with Crippen molar-refractivity contribution in [2.45, 2.75) is 18.1 Å². The summed E-state index contributed by atoms with van der Waals surface area (Å²) in [5.74, 6) is -2.30. The van der Waals surface area contributed by atoms with Gasteiger partial charge in [-0.25, -0.2) is 0 Å². The predicted molar refractivity (Wildman–Crippen MR) is 79.8 cm³/mol. The molecule has 4 aliphatic heterocycles. The molecule has 3 saturated heterocycles. The van der Waals surface area contributed by atoms with E-state index in [-0.39, 0.29) is 5.91 Å². The molecule has 1 amide bonds. The number of carboxylic acid groups (broad SMARTS) is 1. The lowest BCUT2D eigenvalue weighted by Crippen LogP contribution is -2.40. The van der Waals surface area contributed by atoms with E-state index in [1.165, 1.54) is 0 Å². The van der Waals surface area contributed by atoms with Gasteiger partial charge in [-0.2, -0.15) is 0 Å². The SMILES string of the molecule is O=C(O)C1[C@H]2C=CC3(CN(CCCN4CCOCC4)C(=O)[C@@H]13)O2. The molecule has 0 aliphatic carbocycles. The van der Waals surface area contributed by atoms with Gasteiger partial charge in [0.2, 0.25) is 5.91 Å². The van der Waals surface area contributed by atoms with Crippen molar-refractivity contribution < 1.29 is 24.2 Å². The number of hydrogen-bond donors (Lipinski definition) is 1. The third-order valence-corrected chi connectivity index (χ3v) is 5.47. The molecule has 4 heterocycles. The van der Waals surface area contributed by atoms with Crippen molar-refractivity contribution in [2.24, 2.45) is 11.8 Å². The lowest BCUT2D eigenvalue weighted by Gasteiger charge is -2.27. The average molecular weight is 322 g/mol. The van der Waals surface area contributed by atoms with Crippen molar-refractivity contribution in [1.82, 2.24) is 9.80 Å². The highest BCUT2D eigenvalue weighted by atomic mass is 16.5. The standard InChI is InChI=1S/C16H22N2O5/c19-14-13-12(15(20)21)11-2-3-16(13,23-11)10-18(14)5-1-4-17-6-8-22-9-7-17/h2-3,11-13H,1,4-10H2,(H,20,21)/t11-,12?,13-,16?/m1/s1. The Kier molecular flexibility index (Phi) is 3.66. The monoisotopic (exact) mass is 322 g/mol. The Morgan fingerprint density at radius 2 is 2.13 bits per heavy atom. The molecule has 4 rings (SSSR count). The molecule has 0 aromatic heterocycles. The number of rotatable bonds is 5. The molecule has 7 heteroatoms. The molecule has 3 fully saturated rings. The summed E-state index contributed by atoms with van der Waals surface area (Å²) in [5, 5.41) is 9.43. The second-order valence-electron chi connectivity index (χ2n) is 6.81. The number of carboxylic acids is 1. The molecule has 2 bridgehead atoms. The minimum absolute atomic E-state index is 0.0637. The van der Waals surface area contributed by atoms with Crippen LogP contribution >= 0.6 is 0 Å². The van der Waals surface area contributed by atoms with E-state index in [0.717, 1.165) is 39.3 Å². The molecule has 126 valence electrons. The normalized spacial score (nSPS) is 39.2. The Labute approximate surface area is 134 Å². The van der Waals surface area contributed by atoms with Gasteiger partial charge in [0.05, 0.1) is 31.8 Å². The number of ether oxygens (including phenoxy) is 2. The maximum atomic E-state index is 12.7. The first kappa shape index (κ1) is 15.1. The largest absolute Gasteiger partial charge is 0.481 e. The summed E-state index contributed by atoms with van der Waals surface area (Å²) in [4.78, 5) is 28.3. The number of carbonyl (C=O) groups excluding carboxylic acids is 1. The lowest BCUT2D eigenvalue weighted by molar-refractivity contribution is -0.148. The van der Waals surface area contributed by atoms with Crippen LogP contribution in [0.2, 0.25) is 0 Å². The van der Waals surface area contributed by atoms with Crippen molar-refractivity contribution in [3.63, 3.8) is 0 Å². The van der Waals surface area contributed by atoms with Gasteiger partial charge in [0.25, 0.3) is 0 Å². The van der Waals surface area contributed by atoms with Gasteiger partial charge in [-0.05, 0) is 6.42 Å². The van der Waals surface area contributed by atoms with Gasteiger partial charge < -0.3 is 19.5 Å². The molecule has 0 aromatic rings. The molecule has 2 unspecified atom stereocenters. The number of likely N-dealkylation sites (tertiary alicyclic amines) is 1. The van der Waals surface area contributed by atoms with E-state index in [2.05, 4.69) is 4.90 Å². The van der Waals surface area contributed by atoms with Crippen molar-refractivity contribution in [1.29, 1.82) is 0 Å². The molecule has 0 aromatic carbocycles. The summed E-state index contributed by atoms with van der Waals surface area (Å²) in [5.41, 5.74) is -0.705. The first-order valence-electron chi connectivity index (χ1n) is 8.30. The number of aliphatic carboxylic acids is 1. The summed E-state index contributed by atoms with van der Waals surface area (Å²) >= 11 is 0. The minimum Gasteiger partial charge on any atom is -0.481 e. The second kappa shape index (κ2) is 5.58. The van der Waals surface area contributed by atoms with Crippen LogP contribution in [0.1, 0.15) is 6.42 Å². The average Bonchev–Trinajstić information content (AvgIpc) is 3.17. The number of amides is 1. The number of morpholine rings is 1. The molecule has 4 aliphatic rings. The smallest absolute Gasteiger partial charge is 0.310 e. The van der Waals surface area contributed by atoms with Crippen molar-refractivity contribution >= 4 is 11.9 Å². The third kappa shape index (κ3) is 2.38. The van der Waals surface area contributed by atoms with Gasteiger partial charge in [0.1, 0.15) is 11.5 Å². The van der Waals surface area contributed by atoms with Gasteiger partial charge in [-0.3, -0.25) is 14.5 Å². The van der Waals surface area contributed by atoms with E-state index in [1.807, 2.05) is 6.08 Å². The van der Waals surface area contributed by atoms with E-state index in [9.17, 15) is 14.7 Å². The zero-order valence-corrected chi connectivity index (χ0v) is 13.0. The fraction of sp³-hybridized carbons (Fsp3) is 0.750. The van der Waals surface area contributed by atoms with Crippen LogP contribution in [0.5, 0.6) is 0 Å². The highest BCUT2D eigenvalue weighted by Crippen LogP contribution is 2.51. The quantitative estimate of drug-likeness (QED) is 0.692. The van der Waals surface area contributed by atoms with Crippen LogP contribution in [0.3, 0.4) is 0 Å². The van der Waals surface area contributed by atoms with Crippen LogP contribution in [-0.2, 0) is 19.1 Å². The Hall–Kier alpha value is -1.44. The summed E-state index contributed by atoms with van der Waals surface area (Å²) in [6, 6.07) is 0. The van der Waals surface area contributed by atoms with Crippen molar-refractivity contribution in [2.75, 3.05) is 45.9 Å². The molecule has 1 spiro atoms. The predicted octanol–water partition coefficient (Wildman–Crippen LogP) is -0.425. The Morgan fingerprint density at radius 3 is 2.87 bits per heavy atom. The van der Waals surface area contributed by atoms with Crippen LogP contribution in [0.4, 0.5) is 0 Å². The second-order valence-corrected chi connectivity index (χ2v) is 6.81. The van der Waals surface area contributed by atoms with E-state index in [1.54, 1.807) is 11.0 Å². The topological polar surface area (TPSA) is 79.3 Å². The van der Waals surface area contributed by atoms with Crippen LogP contribution in [0.15, 0.2) is 12.2 Å². The zero-order valence-electron chi connectivity index (χ0n) is 13.0. The molecular formula is C16H22N2O5. The first-order valence-corrected chi connectivity index (χ1v) is 8.30. The number of carbonyl (C=O) groups is 2. The van der Waals surface area contributed by atoms with Gasteiger partial charge in [-0.1, -0.05) is 12.2 Å². The highest BCUT2D eigenvalue weighted by molar-refractivity contribution is 5.90. The summed E-state index contributed by atoms with van der Waals surface area (Å²) in [6.45, 7) is 5.50. The third-order valence-electron chi connectivity index (χ3n) is 5.47. The zero-order chi connectivity index (χ0) is 16.0. The number of fused-ring (bicyclic) bond motifs is 1. The fourth-order valence-corrected chi connectivity index (χ4v) is 4.36. The Bertz CT molecular complexity index is 545. The molecule has 4 atom stereocenters. The van der Waals surface area contributed by atoms with E-state index >= 15 is 0 Å². The van der Waals surface area contributed by atoms with Crippen LogP contribution < -0.4 is 0 Å². The van der Waals surface area contributed by atoms with Crippen molar-refractivity contribution in [3.05, 3.63) is 12.2 Å². The van der Waals surface area contributed by atoms with Gasteiger partial charge in [0.15, 0.2) is 0 Å². The molecule has 23 heavy (non-hydrogen) atoms. The molecular weight excluding hydrogens is 300 g/mol. The summed E-state index contributed by atoms with van der Waals surface area (Å²) in [7, 11) is 0. The minimum atomic E-state index is -0.935. The van der Waals surface area contributed by atoms with Crippen LogP contribution in [0, 0.1) is 11.8 Å². The van der Waals surface area contributed by atoms with Crippen LogP contribution in [-0.4, -0.2) is 84.4 Å². The fourth-order valence-electron chi connectivity index (χ4n) is 4.36. The molecule has 7 nitrogen and oxygen atoms in total. The Morgan fingerprint density at radius 1 is 1.35 bits per heavy atom. The highest BCUT2D eigenvalue weighted by Gasteiger charge is 2.66. The maximum Gasteiger partial charge on any atom is 0.310 e. The lowest BCUT2D eigenvalue weighted by atomic mass is 9.77. The molecule has 0 radical (unpaired) electrons.